The second-order valence-corrected chi connectivity index (χ2v) is 8.94. The van der Waals surface area contributed by atoms with Crippen LogP contribution >= 0.6 is 11.6 Å². The first kappa shape index (κ1) is 21.9. The number of benzene rings is 4. The minimum absolute atomic E-state index is 0.754. The van der Waals surface area contributed by atoms with Crippen molar-refractivity contribution in [1.82, 2.24) is 0 Å². The summed E-state index contributed by atoms with van der Waals surface area (Å²) < 4.78 is 0. The summed E-state index contributed by atoms with van der Waals surface area (Å²) in [5.74, 6) is 0. The van der Waals surface area contributed by atoms with E-state index < -0.39 is 0 Å². The lowest BCUT2D eigenvalue weighted by atomic mass is 10.1. The van der Waals surface area contributed by atoms with Crippen molar-refractivity contribution in [3.63, 3.8) is 0 Å². The second kappa shape index (κ2) is 9.46. The van der Waals surface area contributed by atoms with Crippen LogP contribution in [-0.4, -0.2) is 0 Å². The molecule has 0 N–H and O–H groups in total. The van der Waals surface area contributed by atoms with Crippen LogP contribution in [0.5, 0.6) is 0 Å². The monoisotopic (exact) mass is 437 g/mol. The van der Waals surface area contributed by atoms with Crippen molar-refractivity contribution in [3.05, 3.63) is 123 Å². The molecular weight excluding hydrogens is 410 g/mol. The molecule has 0 unspecified atom stereocenters. The summed E-state index contributed by atoms with van der Waals surface area (Å²) in [5.41, 5.74) is 10.8. The number of anilines is 3. The molecule has 160 valence electrons. The Labute approximate surface area is 196 Å². The number of hydrogen-bond donors (Lipinski definition) is 0. The van der Waals surface area contributed by atoms with Crippen LogP contribution in [0.1, 0.15) is 33.4 Å². The first-order valence-electron chi connectivity index (χ1n) is 10.9. The number of halogens is 1. The predicted molar refractivity (Wildman–Crippen MR) is 140 cm³/mol. The maximum atomic E-state index is 5.99. The van der Waals surface area contributed by atoms with E-state index in [9.17, 15) is 0 Å². The minimum Gasteiger partial charge on any atom is -0.310 e. The van der Waals surface area contributed by atoms with E-state index in [0.29, 0.717) is 0 Å². The molecule has 0 aliphatic heterocycles. The van der Waals surface area contributed by atoms with E-state index in [4.69, 9.17) is 11.6 Å². The molecular formula is C30H28ClN. The van der Waals surface area contributed by atoms with Crippen molar-refractivity contribution < 1.29 is 0 Å². The lowest BCUT2D eigenvalue weighted by Gasteiger charge is -2.27. The van der Waals surface area contributed by atoms with E-state index >= 15 is 0 Å². The molecule has 32 heavy (non-hydrogen) atoms. The molecule has 0 amide bonds. The molecule has 0 saturated carbocycles. The van der Waals surface area contributed by atoms with Crippen LogP contribution in [0.25, 0.3) is 12.2 Å². The Bertz CT molecular complexity index is 1160. The molecule has 1 nitrogen and oxygen atoms in total. The highest BCUT2D eigenvalue weighted by Crippen LogP contribution is 2.36. The Morgan fingerprint density at radius 3 is 1.28 bits per heavy atom. The summed E-state index contributed by atoms with van der Waals surface area (Å²) in [4.78, 5) is 2.34. The van der Waals surface area contributed by atoms with Crippen LogP contribution in [0.3, 0.4) is 0 Å². The lowest BCUT2D eigenvalue weighted by molar-refractivity contribution is 1.23. The number of hydrogen-bond acceptors (Lipinski definition) is 1. The molecule has 4 rings (SSSR count). The van der Waals surface area contributed by atoms with Crippen LogP contribution in [-0.2, 0) is 0 Å². The molecule has 0 bridgehead atoms. The smallest absolute Gasteiger partial charge is 0.0466 e. The Hall–Kier alpha value is -3.29. The zero-order chi connectivity index (χ0) is 22.7. The van der Waals surface area contributed by atoms with Gasteiger partial charge >= 0.3 is 0 Å². The van der Waals surface area contributed by atoms with Crippen LogP contribution in [0.15, 0.2) is 84.9 Å². The molecule has 4 aromatic carbocycles. The van der Waals surface area contributed by atoms with E-state index in [2.05, 4.69) is 105 Å². The van der Waals surface area contributed by atoms with Crippen LogP contribution < -0.4 is 4.90 Å². The average molecular weight is 438 g/mol. The molecule has 0 aromatic heterocycles. The van der Waals surface area contributed by atoms with E-state index in [-0.39, 0.29) is 0 Å². The van der Waals surface area contributed by atoms with Crippen molar-refractivity contribution in [1.29, 1.82) is 0 Å². The highest BCUT2D eigenvalue weighted by atomic mass is 35.5. The fourth-order valence-electron chi connectivity index (χ4n) is 4.11. The van der Waals surface area contributed by atoms with Crippen LogP contribution in [0.2, 0.25) is 5.02 Å². The first-order valence-corrected chi connectivity index (χ1v) is 11.3. The number of nitrogens with zero attached hydrogens (tertiary/aromatic N) is 1. The first-order chi connectivity index (χ1) is 15.4. The Morgan fingerprint density at radius 2 is 0.875 bits per heavy atom. The molecule has 4 aromatic rings. The third-order valence-electron chi connectivity index (χ3n) is 5.42. The Kier molecular flexibility index (Phi) is 6.48. The molecule has 0 spiro atoms. The molecule has 0 aliphatic rings. The standard InChI is InChI=1S/C30H28ClN/c1-21-15-22(2)18-29(17-21)32(30-19-23(3)16-24(4)20-30)28-13-9-26(10-14-28)6-5-25-7-11-27(31)12-8-25/h5-20H,1-4H3/b6-5+. The van der Waals surface area contributed by atoms with Crippen LogP contribution in [0, 0.1) is 27.7 Å². The molecule has 0 heterocycles. The van der Waals surface area contributed by atoms with Gasteiger partial charge in [-0.1, -0.05) is 60.2 Å². The van der Waals surface area contributed by atoms with Gasteiger partial charge in [0.25, 0.3) is 0 Å². The van der Waals surface area contributed by atoms with Gasteiger partial charge in [-0.05, 0) is 110 Å². The summed E-state index contributed by atoms with van der Waals surface area (Å²) in [6.45, 7) is 8.61. The van der Waals surface area contributed by atoms with E-state index in [0.717, 1.165) is 21.8 Å². The van der Waals surface area contributed by atoms with Gasteiger partial charge in [-0.2, -0.15) is 0 Å². The van der Waals surface area contributed by atoms with Crippen molar-refractivity contribution in [2.75, 3.05) is 4.90 Å². The van der Waals surface area contributed by atoms with Gasteiger partial charge in [0.15, 0.2) is 0 Å². The maximum Gasteiger partial charge on any atom is 0.0466 e. The molecule has 0 fully saturated rings. The lowest BCUT2D eigenvalue weighted by Crippen LogP contribution is -2.11. The van der Waals surface area contributed by atoms with Gasteiger partial charge in [0.2, 0.25) is 0 Å². The molecule has 0 saturated heterocycles. The molecule has 0 aliphatic carbocycles. The number of aryl methyl sites for hydroxylation is 4. The SMILES string of the molecule is Cc1cc(C)cc(N(c2ccc(/C=C/c3ccc(Cl)cc3)cc2)c2cc(C)cc(C)c2)c1. The fraction of sp³-hybridized carbons (Fsp3) is 0.133. The third-order valence-corrected chi connectivity index (χ3v) is 5.67. The van der Waals surface area contributed by atoms with Gasteiger partial charge in [-0.3, -0.25) is 0 Å². The zero-order valence-corrected chi connectivity index (χ0v) is 19.8. The van der Waals surface area contributed by atoms with E-state index in [1.165, 1.54) is 33.6 Å². The van der Waals surface area contributed by atoms with Crippen molar-refractivity contribution in [2.45, 2.75) is 27.7 Å². The summed E-state index contributed by atoms with van der Waals surface area (Å²) >= 11 is 5.99. The van der Waals surface area contributed by atoms with Crippen molar-refractivity contribution in [3.8, 4) is 0 Å². The molecule has 2 heteroatoms. The summed E-state index contributed by atoms with van der Waals surface area (Å²) in [6, 6.07) is 30.0. The van der Waals surface area contributed by atoms with Crippen molar-refractivity contribution >= 4 is 40.8 Å². The highest BCUT2D eigenvalue weighted by molar-refractivity contribution is 6.30. The average Bonchev–Trinajstić information content (AvgIpc) is 2.73. The van der Waals surface area contributed by atoms with Crippen molar-refractivity contribution in [2.24, 2.45) is 0 Å². The quantitative estimate of drug-likeness (QED) is 0.281. The molecule has 0 atom stereocenters. The summed E-state index contributed by atoms with van der Waals surface area (Å²) in [5, 5.41) is 0.754. The highest BCUT2D eigenvalue weighted by Gasteiger charge is 2.14. The van der Waals surface area contributed by atoms with Gasteiger partial charge in [-0.25, -0.2) is 0 Å². The fourth-order valence-corrected chi connectivity index (χ4v) is 4.23. The van der Waals surface area contributed by atoms with Gasteiger partial charge in [0.1, 0.15) is 0 Å². The Morgan fingerprint density at radius 1 is 0.500 bits per heavy atom. The normalized spacial score (nSPS) is 11.2. The van der Waals surface area contributed by atoms with E-state index in [1.54, 1.807) is 0 Å². The predicted octanol–water partition coefficient (Wildman–Crippen LogP) is 9.21. The zero-order valence-electron chi connectivity index (χ0n) is 19.1. The second-order valence-electron chi connectivity index (χ2n) is 8.50. The largest absolute Gasteiger partial charge is 0.310 e. The topological polar surface area (TPSA) is 3.24 Å². The van der Waals surface area contributed by atoms with Gasteiger partial charge in [0.05, 0.1) is 0 Å². The molecule has 0 radical (unpaired) electrons. The van der Waals surface area contributed by atoms with E-state index in [1.807, 2.05) is 24.3 Å². The maximum absolute atomic E-state index is 5.99. The summed E-state index contributed by atoms with van der Waals surface area (Å²) in [7, 11) is 0. The third kappa shape index (κ3) is 5.30. The minimum atomic E-state index is 0.754. The van der Waals surface area contributed by atoms with Crippen LogP contribution in [0.4, 0.5) is 17.1 Å². The number of rotatable bonds is 5. The van der Waals surface area contributed by atoms with Gasteiger partial charge in [-0.15, -0.1) is 0 Å². The van der Waals surface area contributed by atoms with Gasteiger partial charge in [0, 0.05) is 22.1 Å². The Balaban J connectivity index is 1.71. The van der Waals surface area contributed by atoms with Gasteiger partial charge < -0.3 is 4.90 Å². The summed E-state index contributed by atoms with van der Waals surface area (Å²) in [6.07, 6.45) is 4.24.